The Bertz CT molecular complexity index is 928. The van der Waals surface area contributed by atoms with E-state index in [4.69, 9.17) is 17.0 Å². The van der Waals surface area contributed by atoms with Crippen molar-refractivity contribution in [2.75, 3.05) is 23.5 Å². The molecule has 1 saturated heterocycles. The first-order valence-corrected chi connectivity index (χ1v) is 10.2. The third-order valence-electron chi connectivity index (χ3n) is 4.20. The highest BCUT2D eigenvalue weighted by atomic mass is 32.2. The summed E-state index contributed by atoms with van der Waals surface area (Å²) in [6.45, 7) is 2.84. The van der Waals surface area contributed by atoms with Crippen LogP contribution in [0.2, 0.25) is 0 Å². The Hall–Kier alpha value is -1.96. The predicted molar refractivity (Wildman–Crippen MR) is 113 cm³/mol. The summed E-state index contributed by atoms with van der Waals surface area (Å²) in [6.07, 6.45) is 0. The molecule has 2 aliphatic rings. The number of rotatable bonds is 3. The van der Waals surface area contributed by atoms with Gasteiger partial charge >= 0.3 is 0 Å². The average Bonchev–Trinajstić information content (AvgIpc) is 3.18. The van der Waals surface area contributed by atoms with Gasteiger partial charge in [-0.25, -0.2) is 0 Å². The number of carbonyl (C=O) groups is 1. The topological polar surface area (TPSA) is 32.8 Å². The minimum atomic E-state index is -0.0630. The molecule has 0 atom stereocenters. The normalized spacial score (nSPS) is 19.3. The van der Waals surface area contributed by atoms with Gasteiger partial charge in [0.1, 0.15) is 15.7 Å². The number of hydrogen-bond acceptors (Lipinski definition) is 6. The minimum Gasteiger partial charge on any atom is -0.497 e. The molecule has 0 unspecified atom stereocenters. The Balaban J connectivity index is 1.75. The van der Waals surface area contributed by atoms with Crippen molar-refractivity contribution in [3.63, 3.8) is 0 Å². The number of ether oxygens (including phenoxy) is 1. The van der Waals surface area contributed by atoms with Crippen LogP contribution in [0.3, 0.4) is 0 Å². The van der Waals surface area contributed by atoms with E-state index in [1.54, 1.807) is 23.8 Å². The lowest BCUT2D eigenvalue weighted by Crippen LogP contribution is -2.28. The average molecular weight is 401 g/mol. The quantitative estimate of drug-likeness (QED) is 0.540. The van der Waals surface area contributed by atoms with Crippen molar-refractivity contribution in [3.05, 3.63) is 58.5 Å². The fourth-order valence-electron chi connectivity index (χ4n) is 2.97. The molecule has 2 aliphatic heterocycles. The number of carbonyl (C=O) groups excluding carboxylic acids is 1. The molecular formula is C19H16N2O2S3. The number of benzene rings is 2. The highest BCUT2D eigenvalue weighted by Crippen LogP contribution is 2.51. The highest BCUT2D eigenvalue weighted by Gasteiger charge is 2.39. The summed E-state index contributed by atoms with van der Waals surface area (Å²) in [6, 6.07) is 15.5. The van der Waals surface area contributed by atoms with Crippen LogP contribution in [0, 0.1) is 0 Å². The van der Waals surface area contributed by atoms with E-state index in [0.717, 1.165) is 33.6 Å². The zero-order chi connectivity index (χ0) is 18.3. The van der Waals surface area contributed by atoms with Crippen LogP contribution in [0.5, 0.6) is 5.75 Å². The molecule has 0 spiro atoms. The van der Waals surface area contributed by atoms with Gasteiger partial charge in [-0.15, -0.1) is 0 Å². The van der Waals surface area contributed by atoms with E-state index in [9.17, 15) is 4.79 Å². The van der Waals surface area contributed by atoms with Crippen LogP contribution in [0.15, 0.2) is 63.4 Å². The highest BCUT2D eigenvalue weighted by molar-refractivity contribution is 8.27. The molecule has 7 heteroatoms. The minimum absolute atomic E-state index is 0.0630. The summed E-state index contributed by atoms with van der Waals surface area (Å²) in [4.78, 5) is 18.7. The second-order valence-corrected chi connectivity index (χ2v) is 8.33. The first-order chi connectivity index (χ1) is 12.6. The fourth-order valence-corrected chi connectivity index (χ4v) is 5.62. The second-order valence-electron chi connectivity index (χ2n) is 5.66. The molecule has 1 fully saturated rings. The van der Waals surface area contributed by atoms with Gasteiger partial charge in [0.05, 0.1) is 18.5 Å². The molecule has 0 aliphatic carbocycles. The van der Waals surface area contributed by atoms with Crippen molar-refractivity contribution in [2.45, 2.75) is 11.8 Å². The monoisotopic (exact) mass is 400 g/mol. The van der Waals surface area contributed by atoms with Crippen LogP contribution in [-0.4, -0.2) is 23.9 Å². The lowest BCUT2D eigenvalue weighted by molar-refractivity contribution is -0.113. The molecule has 0 bridgehead atoms. The van der Waals surface area contributed by atoms with Crippen LogP contribution in [0.25, 0.3) is 0 Å². The Morgan fingerprint density at radius 1 is 1.12 bits per heavy atom. The third-order valence-corrected chi connectivity index (χ3v) is 6.88. The van der Waals surface area contributed by atoms with Gasteiger partial charge in [0.15, 0.2) is 4.32 Å². The third kappa shape index (κ3) is 2.80. The van der Waals surface area contributed by atoms with E-state index in [1.165, 1.54) is 11.8 Å². The van der Waals surface area contributed by atoms with E-state index >= 15 is 0 Å². The van der Waals surface area contributed by atoms with Gasteiger partial charge in [-0.05, 0) is 31.2 Å². The summed E-state index contributed by atoms with van der Waals surface area (Å²) in [7, 11) is 1.66. The fraction of sp³-hybridized carbons (Fsp3) is 0.158. The lowest BCUT2D eigenvalue weighted by Gasteiger charge is -2.19. The molecule has 0 radical (unpaired) electrons. The Labute approximate surface area is 166 Å². The van der Waals surface area contributed by atoms with Crippen molar-refractivity contribution < 1.29 is 9.53 Å². The van der Waals surface area contributed by atoms with Crippen LogP contribution in [0.1, 0.15) is 6.92 Å². The van der Waals surface area contributed by atoms with Crippen molar-refractivity contribution in [1.29, 1.82) is 0 Å². The number of para-hydroxylation sites is 1. The molecule has 2 aromatic rings. The van der Waals surface area contributed by atoms with E-state index < -0.39 is 0 Å². The number of nitrogens with zero attached hydrogens (tertiary/aromatic N) is 2. The summed E-state index contributed by atoms with van der Waals surface area (Å²) in [5.74, 6) is 0.743. The molecule has 0 saturated carbocycles. The van der Waals surface area contributed by atoms with Crippen LogP contribution >= 0.6 is 35.7 Å². The maximum atomic E-state index is 13.1. The summed E-state index contributed by atoms with van der Waals surface area (Å²) in [5, 5.41) is 0.937. The Morgan fingerprint density at radius 3 is 2.58 bits per heavy atom. The second kappa shape index (κ2) is 6.98. The number of thiocarbonyl (C=S) groups is 1. The number of hydrogen-bond donors (Lipinski definition) is 0. The SMILES string of the molecule is CCN1/C(=C2/SC(=S)N(c3ccccc3)C2=O)Sc2ccc(OC)cc21. The van der Waals surface area contributed by atoms with Gasteiger partial charge in [0.2, 0.25) is 0 Å². The molecule has 2 heterocycles. The van der Waals surface area contributed by atoms with E-state index in [0.29, 0.717) is 9.23 Å². The zero-order valence-electron chi connectivity index (χ0n) is 14.3. The van der Waals surface area contributed by atoms with E-state index in [2.05, 4.69) is 11.8 Å². The maximum absolute atomic E-state index is 13.1. The van der Waals surface area contributed by atoms with E-state index in [-0.39, 0.29) is 5.91 Å². The van der Waals surface area contributed by atoms with Gasteiger partial charge in [-0.1, -0.05) is 53.9 Å². The lowest BCUT2D eigenvalue weighted by atomic mass is 10.2. The van der Waals surface area contributed by atoms with Gasteiger partial charge in [-0.2, -0.15) is 0 Å². The number of thioether (sulfide) groups is 2. The molecule has 0 aromatic heterocycles. The van der Waals surface area contributed by atoms with Crippen molar-refractivity contribution in [1.82, 2.24) is 0 Å². The van der Waals surface area contributed by atoms with Gasteiger partial charge < -0.3 is 9.64 Å². The first-order valence-electron chi connectivity index (χ1n) is 8.13. The summed E-state index contributed by atoms with van der Waals surface area (Å²) < 4.78 is 5.92. The molecular weight excluding hydrogens is 384 g/mol. The van der Waals surface area contributed by atoms with Crippen LogP contribution in [0.4, 0.5) is 11.4 Å². The first kappa shape index (κ1) is 17.5. The summed E-state index contributed by atoms with van der Waals surface area (Å²) in [5.41, 5.74) is 1.87. The molecule has 1 amide bonds. The van der Waals surface area contributed by atoms with E-state index in [1.807, 2.05) is 48.5 Å². The number of methoxy groups -OCH3 is 1. The van der Waals surface area contributed by atoms with Crippen molar-refractivity contribution >= 4 is 57.3 Å². The predicted octanol–water partition coefficient (Wildman–Crippen LogP) is 4.86. The zero-order valence-corrected chi connectivity index (χ0v) is 16.7. The van der Waals surface area contributed by atoms with Crippen LogP contribution < -0.4 is 14.5 Å². The molecule has 0 N–H and O–H groups in total. The number of fused-ring (bicyclic) bond motifs is 1. The largest absolute Gasteiger partial charge is 0.497 e. The van der Waals surface area contributed by atoms with Crippen LogP contribution in [-0.2, 0) is 4.79 Å². The van der Waals surface area contributed by atoms with Crippen molar-refractivity contribution in [3.8, 4) is 5.75 Å². The van der Waals surface area contributed by atoms with Gasteiger partial charge in [0, 0.05) is 17.5 Å². The molecule has 132 valence electrons. The smallest absolute Gasteiger partial charge is 0.273 e. The summed E-state index contributed by atoms with van der Waals surface area (Å²) >= 11 is 8.48. The van der Waals surface area contributed by atoms with Gasteiger partial charge in [-0.3, -0.25) is 9.69 Å². The number of anilines is 2. The molecule has 4 rings (SSSR count). The van der Waals surface area contributed by atoms with Gasteiger partial charge in [0.25, 0.3) is 5.91 Å². The maximum Gasteiger partial charge on any atom is 0.273 e. The Morgan fingerprint density at radius 2 is 1.88 bits per heavy atom. The number of amides is 1. The standard InChI is InChI=1S/C19H16N2O2S3/c1-3-20-14-11-13(23-2)9-10-15(14)25-18(20)16-17(22)21(19(24)26-16)12-7-5-4-6-8-12/h4-11H,3H2,1-2H3/b18-16-. The molecule has 2 aromatic carbocycles. The molecule has 4 nitrogen and oxygen atoms in total. The van der Waals surface area contributed by atoms with Crippen molar-refractivity contribution in [2.24, 2.45) is 0 Å². The Kier molecular flexibility index (Phi) is 4.69. The molecule has 26 heavy (non-hydrogen) atoms.